The maximum absolute atomic E-state index is 10.4. The largest absolute Gasteiger partial charge is 0.481 e. The number of aliphatic carboxylic acids is 1. The molecule has 4 unspecified atom stereocenters. The number of carboxylic acids is 1. The highest BCUT2D eigenvalue weighted by Crippen LogP contribution is 2.36. The Morgan fingerprint density at radius 1 is 0.826 bits per heavy atom. The van der Waals surface area contributed by atoms with Gasteiger partial charge in [0.25, 0.3) is 0 Å². The fraction of sp³-hybridized carbons (Fsp3) is 0.950. The fourth-order valence-corrected chi connectivity index (χ4v) is 3.78. The van der Waals surface area contributed by atoms with Gasteiger partial charge in [-0.1, -0.05) is 72.1 Å². The van der Waals surface area contributed by atoms with Crippen LogP contribution in [-0.2, 0) is 9.53 Å². The number of unbranched alkanes of at least 4 members (excludes halogenated alkanes) is 7. The summed E-state index contributed by atoms with van der Waals surface area (Å²) >= 11 is 0. The monoisotopic (exact) mass is 326 g/mol. The van der Waals surface area contributed by atoms with Gasteiger partial charge >= 0.3 is 5.97 Å². The van der Waals surface area contributed by atoms with Crippen LogP contribution in [0, 0.1) is 11.8 Å². The van der Waals surface area contributed by atoms with E-state index in [0.29, 0.717) is 30.5 Å². The summed E-state index contributed by atoms with van der Waals surface area (Å²) in [7, 11) is 0. The first-order chi connectivity index (χ1) is 11.1. The van der Waals surface area contributed by atoms with Crippen molar-refractivity contribution in [3.8, 4) is 0 Å². The SMILES string of the molecule is CCCC1OC(CCCCCCCCCCC(=O)O)C(C)C1C. The molecule has 0 aromatic carbocycles. The first-order valence-corrected chi connectivity index (χ1v) is 9.93. The van der Waals surface area contributed by atoms with Crippen LogP contribution in [0.15, 0.2) is 0 Å². The molecule has 0 aromatic heterocycles. The highest BCUT2D eigenvalue weighted by molar-refractivity contribution is 5.66. The lowest BCUT2D eigenvalue weighted by atomic mass is 9.87. The Kier molecular flexibility index (Phi) is 10.6. The molecule has 3 nitrogen and oxygen atoms in total. The van der Waals surface area contributed by atoms with Crippen molar-refractivity contribution in [2.24, 2.45) is 11.8 Å². The van der Waals surface area contributed by atoms with Gasteiger partial charge in [-0.05, 0) is 31.1 Å². The molecule has 0 spiro atoms. The van der Waals surface area contributed by atoms with Crippen molar-refractivity contribution in [2.75, 3.05) is 0 Å². The Balaban J connectivity index is 1.96. The normalized spacial score (nSPS) is 27.4. The molecule has 0 amide bonds. The summed E-state index contributed by atoms with van der Waals surface area (Å²) in [4.78, 5) is 10.4. The lowest BCUT2D eigenvalue weighted by Crippen LogP contribution is -2.16. The van der Waals surface area contributed by atoms with Crippen molar-refractivity contribution in [1.82, 2.24) is 0 Å². The van der Waals surface area contributed by atoms with Crippen LogP contribution in [0.4, 0.5) is 0 Å². The van der Waals surface area contributed by atoms with Gasteiger partial charge in [0.05, 0.1) is 12.2 Å². The second-order valence-electron chi connectivity index (χ2n) is 7.48. The Bertz CT molecular complexity index is 316. The van der Waals surface area contributed by atoms with Crippen LogP contribution in [0.3, 0.4) is 0 Å². The van der Waals surface area contributed by atoms with E-state index < -0.39 is 5.97 Å². The molecule has 23 heavy (non-hydrogen) atoms. The number of carboxylic acid groups (broad SMARTS) is 1. The molecule has 1 rings (SSSR count). The smallest absolute Gasteiger partial charge is 0.303 e. The molecule has 1 N–H and O–H groups in total. The first-order valence-electron chi connectivity index (χ1n) is 9.93. The molecule has 4 atom stereocenters. The number of hydrogen-bond acceptors (Lipinski definition) is 2. The lowest BCUT2D eigenvalue weighted by molar-refractivity contribution is -0.137. The van der Waals surface area contributed by atoms with E-state index in [4.69, 9.17) is 9.84 Å². The molecule has 1 heterocycles. The Morgan fingerprint density at radius 3 is 1.83 bits per heavy atom. The predicted octanol–water partition coefficient (Wildman–Crippen LogP) is 5.81. The van der Waals surface area contributed by atoms with Gasteiger partial charge in [-0.25, -0.2) is 0 Å². The summed E-state index contributed by atoms with van der Waals surface area (Å²) in [6.45, 7) is 6.97. The molecule has 136 valence electrons. The highest BCUT2D eigenvalue weighted by Gasteiger charge is 2.37. The van der Waals surface area contributed by atoms with Gasteiger partial charge < -0.3 is 9.84 Å². The molecule has 3 heteroatoms. The third-order valence-electron chi connectivity index (χ3n) is 5.55. The molecule has 0 aromatic rings. The van der Waals surface area contributed by atoms with Crippen LogP contribution in [0.5, 0.6) is 0 Å². The maximum atomic E-state index is 10.4. The molecular weight excluding hydrogens is 288 g/mol. The predicted molar refractivity (Wildman–Crippen MR) is 95.7 cm³/mol. The van der Waals surface area contributed by atoms with Crippen molar-refractivity contribution in [3.63, 3.8) is 0 Å². The maximum Gasteiger partial charge on any atom is 0.303 e. The molecule has 0 radical (unpaired) electrons. The van der Waals surface area contributed by atoms with Crippen LogP contribution >= 0.6 is 0 Å². The molecule has 0 aliphatic carbocycles. The molecule has 1 aliphatic heterocycles. The topological polar surface area (TPSA) is 46.5 Å². The van der Waals surface area contributed by atoms with Gasteiger partial charge in [0, 0.05) is 6.42 Å². The van der Waals surface area contributed by atoms with Gasteiger partial charge in [0.2, 0.25) is 0 Å². The zero-order valence-corrected chi connectivity index (χ0v) is 15.6. The minimum Gasteiger partial charge on any atom is -0.481 e. The van der Waals surface area contributed by atoms with E-state index in [1.165, 1.54) is 57.8 Å². The number of ether oxygens (including phenoxy) is 1. The van der Waals surface area contributed by atoms with E-state index in [1.54, 1.807) is 0 Å². The van der Waals surface area contributed by atoms with Crippen LogP contribution in [0.1, 0.15) is 97.8 Å². The van der Waals surface area contributed by atoms with Crippen molar-refractivity contribution < 1.29 is 14.6 Å². The molecule has 1 saturated heterocycles. The molecular formula is C20H38O3. The van der Waals surface area contributed by atoms with Crippen molar-refractivity contribution >= 4 is 5.97 Å². The summed E-state index contributed by atoms with van der Waals surface area (Å²) < 4.78 is 6.27. The Labute approximate surface area is 143 Å². The minimum absolute atomic E-state index is 0.330. The van der Waals surface area contributed by atoms with Crippen LogP contribution in [0.25, 0.3) is 0 Å². The molecule has 1 fully saturated rings. The first kappa shape index (κ1) is 20.5. The average molecular weight is 327 g/mol. The highest BCUT2D eigenvalue weighted by atomic mass is 16.5. The quantitative estimate of drug-likeness (QED) is 0.434. The average Bonchev–Trinajstić information content (AvgIpc) is 2.77. The molecule has 0 saturated carbocycles. The number of hydrogen-bond donors (Lipinski definition) is 1. The van der Waals surface area contributed by atoms with E-state index in [-0.39, 0.29) is 0 Å². The minimum atomic E-state index is -0.663. The van der Waals surface area contributed by atoms with Crippen molar-refractivity contribution in [2.45, 2.75) is 110 Å². The van der Waals surface area contributed by atoms with Gasteiger partial charge in [0.1, 0.15) is 0 Å². The Morgan fingerprint density at radius 2 is 1.30 bits per heavy atom. The van der Waals surface area contributed by atoms with E-state index in [0.717, 1.165) is 12.8 Å². The van der Waals surface area contributed by atoms with Crippen LogP contribution < -0.4 is 0 Å². The van der Waals surface area contributed by atoms with Gasteiger partial charge in [-0.3, -0.25) is 4.79 Å². The van der Waals surface area contributed by atoms with Gasteiger partial charge in [-0.15, -0.1) is 0 Å². The summed E-state index contributed by atoms with van der Waals surface area (Å²) in [6, 6.07) is 0. The Hall–Kier alpha value is -0.570. The third-order valence-corrected chi connectivity index (χ3v) is 5.55. The van der Waals surface area contributed by atoms with E-state index in [9.17, 15) is 4.79 Å². The standard InChI is InChI=1S/C20H38O3/c1-4-13-18-16(2)17(3)19(23-18)14-11-9-7-5-6-8-10-12-15-20(21)22/h16-19H,4-15H2,1-3H3,(H,21,22). The lowest BCUT2D eigenvalue weighted by Gasteiger charge is -2.15. The zero-order valence-electron chi connectivity index (χ0n) is 15.6. The summed E-state index contributed by atoms with van der Waals surface area (Å²) in [6.07, 6.45) is 14.5. The van der Waals surface area contributed by atoms with E-state index in [2.05, 4.69) is 20.8 Å². The van der Waals surface area contributed by atoms with Crippen molar-refractivity contribution in [1.29, 1.82) is 0 Å². The summed E-state index contributed by atoms with van der Waals surface area (Å²) in [5, 5.41) is 8.57. The summed E-state index contributed by atoms with van der Waals surface area (Å²) in [5.74, 6) is 0.760. The second-order valence-corrected chi connectivity index (χ2v) is 7.48. The van der Waals surface area contributed by atoms with Crippen molar-refractivity contribution in [3.05, 3.63) is 0 Å². The van der Waals surface area contributed by atoms with E-state index >= 15 is 0 Å². The van der Waals surface area contributed by atoms with Crippen LogP contribution in [-0.4, -0.2) is 23.3 Å². The van der Waals surface area contributed by atoms with Gasteiger partial charge in [-0.2, -0.15) is 0 Å². The van der Waals surface area contributed by atoms with Crippen LogP contribution in [0.2, 0.25) is 0 Å². The zero-order chi connectivity index (χ0) is 17.1. The summed E-state index contributed by atoms with van der Waals surface area (Å²) in [5.41, 5.74) is 0. The third kappa shape index (κ3) is 8.19. The van der Waals surface area contributed by atoms with Gasteiger partial charge in [0.15, 0.2) is 0 Å². The van der Waals surface area contributed by atoms with E-state index in [1.807, 2.05) is 0 Å². The second kappa shape index (κ2) is 11.9. The molecule has 1 aliphatic rings. The fourth-order valence-electron chi connectivity index (χ4n) is 3.78. The molecule has 0 bridgehead atoms. The number of rotatable bonds is 13. The number of carbonyl (C=O) groups is 1.